The van der Waals surface area contributed by atoms with Gasteiger partial charge in [-0.05, 0) is 30.4 Å². The van der Waals surface area contributed by atoms with Crippen LogP contribution in [0.3, 0.4) is 0 Å². The molecule has 0 bridgehead atoms. The predicted octanol–water partition coefficient (Wildman–Crippen LogP) is 4.38. The van der Waals surface area contributed by atoms with Crippen molar-refractivity contribution >= 4 is 11.8 Å². The fraction of sp³-hybridized carbons (Fsp3) is 0.143. The summed E-state index contributed by atoms with van der Waals surface area (Å²) in [5, 5.41) is 0. The molecule has 0 saturated heterocycles. The van der Waals surface area contributed by atoms with Gasteiger partial charge in [0.2, 0.25) is 0 Å². The van der Waals surface area contributed by atoms with E-state index in [2.05, 4.69) is 61.7 Å². The summed E-state index contributed by atoms with van der Waals surface area (Å²) >= 11 is 1.79. The van der Waals surface area contributed by atoms with Crippen LogP contribution in [-0.4, -0.2) is 6.26 Å². The Morgan fingerprint density at radius 3 is 2.20 bits per heavy atom. The lowest BCUT2D eigenvalue weighted by Gasteiger charge is -2.07. The van der Waals surface area contributed by atoms with Crippen LogP contribution in [0.2, 0.25) is 0 Å². The molecule has 0 heterocycles. The van der Waals surface area contributed by atoms with Crippen LogP contribution in [0.1, 0.15) is 5.56 Å². The minimum atomic E-state index is 1.30. The Balaban J connectivity index is 2.49. The quantitative estimate of drug-likeness (QED) is 0.668. The summed E-state index contributed by atoms with van der Waals surface area (Å²) in [5.74, 6) is 0. The minimum absolute atomic E-state index is 1.30. The van der Waals surface area contributed by atoms with Crippen LogP contribution in [0, 0.1) is 6.92 Å². The minimum Gasteiger partial charge on any atom is -0.129 e. The molecule has 0 spiro atoms. The van der Waals surface area contributed by atoms with Gasteiger partial charge in [0.25, 0.3) is 0 Å². The summed E-state index contributed by atoms with van der Waals surface area (Å²) < 4.78 is 0. The average molecular weight is 214 g/mol. The van der Waals surface area contributed by atoms with E-state index >= 15 is 0 Å². The normalized spacial score (nSPS) is 10.3. The van der Waals surface area contributed by atoms with E-state index in [9.17, 15) is 0 Å². The summed E-state index contributed by atoms with van der Waals surface area (Å²) in [4.78, 5) is 1.33. The SMILES string of the molecule is CSc1ccccc1-c1ccc(C)cc1. The molecule has 0 amide bonds. The molecule has 0 aliphatic rings. The van der Waals surface area contributed by atoms with E-state index in [4.69, 9.17) is 0 Å². The summed E-state index contributed by atoms with van der Waals surface area (Å²) in [7, 11) is 0. The molecular formula is C14H14S. The number of benzene rings is 2. The molecule has 0 fully saturated rings. The van der Waals surface area contributed by atoms with Crippen molar-refractivity contribution in [2.24, 2.45) is 0 Å². The molecule has 0 aliphatic carbocycles. The van der Waals surface area contributed by atoms with Gasteiger partial charge in [-0.15, -0.1) is 11.8 Å². The second-order valence-corrected chi connectivity index (χ2v) is 4.41. The van der Waals surface area contributed by atoms with Crippen molar-refractivity contribution in [1.29, 1.82) is 0 Å². The molecule has 0 nitrogen and oxygen atoms in total. The van der Waals surface area contributed by atoms with Crippen molar-refractivity contribution in [3.63, 3.8) is 0 Å². The van der Waals surface area contributed by atoms with Gasteiger partial charge in [-0.2, -0.15) is 0 Å². The molecule has 0 saturated carbocycles. The van der Waals surface area contributed by atoms with E-state index in [0.29, 0.717) is 0 Å². The molecule has 2 rings (SSSR count). The summed E-state index contributed by atoms with van der Waals surface area (Å²) in [6, 6.07) is 17.2. The number of hydrogen-bond donors (Lipinski definition) is 0. The van der Waals surface area contributed by atoms with Gasteiger partial charge in [0, 0.05) is 4.90 Å². The zero-order valence-corrected chi connectivity index (χ0v) is 9.84. The lowest BCUT2D eigenvalue weighted by molar-refractivity contribution is 1.42. The number of thioether (sulfide) groups is 1. The van der Waals surface area contributed by atoms with Gasteiger partial charge in [-0.3, -0.25) is 0 Å². The monoisotopic (exact) mass is 214 g/mol. The molecule has 0 N–H and O–H groups in total. The maximum absolute atomic E-state index is 2.18. The first kappa shape index (κ1) is 10.3. The zero-order chi connectivity index (χ0) is 10.7. The third-order valence-corrected chi connectivity index (χ3v) is 3.27. The van der Waals surface area contributed by atoms with Crippen molar-refractivity contribution < 1.29 is 0 Å². The Morgan fingerprint density at radius 2 is 1.53 bits per heavy atom. The predicted molar refractivity (Wildman–Crippen MR) is 68.4 cm³/mol. The maximum atomic E-state index is 2.18. The van der Waals surface area contributed by atoms with Crippen molar-refractivity contribution in [1.82, 2.24) is 0 Å². The number of hydrogen-bond acceptors (Lipinski definition) is 1. The van der Waals surface area contributed by atoms with Crippen LogP contribution in [0.25, 0.3) is 11.1 Å². The van der Waals surface area contributed by atoms with Gasteiger partial charge in [0.05, 0.1) is 0 Å². The summed E-state index contributed by atoms with van der Waals surface area (Å²) in [6.07, 6.45) is 2.12. The van der Waals surface area contributed by atoms with Crippen molar-refractivity contribution in [2.75, 3.05) is 6.26 Å². The van der Waals surface area contributed by atoms with Gasteiger partial charge in [-0.25, -0.2) is 0 Å². The molecular weight excluding hydrogens is 200 g/mol. The van der Waals surface area contributed by atoms with Crippen LogP contribution < -0.4 is 0 Å². The summed E-state index contributed by atoms with van der Waals surface area (Å²) in [6.45, 7) is 2.12. The van der Waals surface area contributed by atoms with Crippen molar-refractivity contribution in [3.05, 3.63) is 54.1 Å². The fourth-order valence-electron chi connectivity index (χ4n) is 1.62. The van der Waals surface area contributed by atoms with Gasteiger partial charge in [-0.1, -0.05) is 48.0 Å². The van der Waals surface area contributed by atoms with Crippen molar-refractivity contribution in [2.45, 2.75) is 11.8 Å². The topological polar surface area (TPSA) is 0 Å². The highest BCUT2D eigenvalue weighted by Crippen LogP contribution is 2.29. The Morgan fingerprint density at radius 1 is 0.867 bits per heavy atom. The second-order valence-electron chi connectivity index (χ2n) is 3.57. The van der Waals surface area contributed by atoms with Gasteiger partial charge < -0.3 is 0 Å². The average Bonchev–Trinajstić information content (AvgIpc) is 2.30. The van der Waals surface area contributed by atoms with Gasteiger partial charge >= 0.3 is 0 Å². The number of aryl methyl sites for hydroxylation is 1. The highest BCUT2D eigenvalue weighted by Gasteiger charge is 2.02. The standard InChI is InChI=1S/C14H14S/c1-11-7-9-12(10-8-11)13-5-3-4-6-14(13)15-2/h3-10H,1-2H3. The Hall–Kier alpha value is -1.21. The molecule has 0 aliphatic heterocycles. The zero-order valence-electron chi connectivity index (χ0n) is 9.03. The molecule has 15 heavy (non-hydrogen) atoms. The van der Waals surface area contributed by atoms with Crippen LogP contribution in [-0.2, 0) is 0 Å². The first-order valence-electron chi connectivity index (χ1n) is 5.01. The molecule has 2 aromatic rings. The van der Waals surface area contributed by atoms with E-state index in [1.165, 1.54) is 21.6 Å². The van der Waals surface area contributed by atoms with Gasteiger partial charge in [0.15, 0.2) is 0 Å². The summed E-state index contributed by atoms with van der Waals surface area (Å²) in [5.41, 5.74) is 3.93. The second kappa shape index (κ2) is 4.54. The van der Waals surface area contributed by atoms with Crippen LogP contribution in [0.5, 0.6) is 0 Å². The van der Waals surface area contributed by atoms with E-state index < -0.39 is 0 Å². The van der Waals surface area contributed by atoms with Crippen LogP contribution >= 0.6 is 11.8 Å². The Labute approximate surface area is 95.3 Å². The van der Waals surface area contributed by atoms with Crippen molar-refractivity contribution in [3.8, 4) is 11.1 Å². The largest absolute Gasteiger partial charge is 0.129 e. The molecule has 0 unspecified atom stereocenters. The third-order valence-electron chi connectivity index (χ3n) is 2.47. The van der Waals surface area contributed by atoms with E-state index in [1.807, 2.05) is 0 Å². The molecule has 0 aromatic heterocycles. The van der Waals surface area contributed by atoms with E-state index in [1.54, 1.807) is 11.8 Å². The van der Waals surface area contributed by atoms with E-state index in [0.717, 1.165) is 0 Å². The molecule has 1 heteroatoms. The Bertz CT molecular complexity index is 443. The van der Waals surface area contributed by atoms with Crippen LogP contribution in [0.15, 0.2) is 53.4 Å². The van der Waals surface area contributed by atoms with Crippen LogP contribution in [0.4, 0.5) is 0 Å². The third kappa shape index (κ3) is 2.24. The highest BCUT2D eigenvalue weighted by molar-refractivity contribution is 7.98. The van der Waals surface area contributed by atoms with E-state index in [-0.39, 0.29) is 0 Å². The van der Waals surface area contributed by atoms with Gasteiger partial charge in [0.1, 0.15) is 0 Å². The molecule has 0 atom stereocenters. The fourth-order valence-corrected chi connectivity index (χ4v) is 2.24. The smallest absolute Gasteiger partial charge is 0.0148 e. The lowest BCUT2D eigenvalue weighted by Crippen LogP contribution is -1.81. The lowest BCUT2D eigenvalue weighted by atomic mass is 10.0. The Kier molecular flexibility index (Phi) is 3.12. The maximum Gasteiger partial charge on any atom is 0.0148 e. The highest BCUT2D eigenvalue weighted by atomic mass is 32.2. The molecule has 76 valence electrons. The molecule has 2 aromatic carbocycles. The first-order chi connectivity index (χ1) is 7.31. The first-order valence-corrected chi connectivity index (χ1v) is 6.24. The molecule has 0 radical (unpaired) electrons. The number of rotatable bonds is 2.